The van der Waals surface area contributed by atoms with Crippen LogP contribution in [-0.2, 0) is 4.79 Å². The fraction of sp³-hybridized carbons (Fsp3) is 0.818. The Kier molecular flexibility index (Phi) is 4.68. The van der Waals surface area contributed by atoms with Gasteiger partial charge in [0.25, 0.3) is 0 Å². The van der Waals surface area contributed by atoms with Gasteiger partial charge in [-0.15, -0.1) is 0 Å². The molecule has 1 aliphatic heterocycles. The van der Waals surface area contributed by atoms with Gasteiger partial charge in [0, 0.05) is 6.54 Å². The second-order valence-electron chi connectivity index (χ2n) is 4.41. The largest absolute Gasteiger partial charge is 0.394 e. The number of rotatable bonds is 4. The first kappa shape index (κ1) is 13.4. The molecule has 1 saturated heterocycles. The van der Waals surface area contributed by atoms with E-state index in [0.717, 1.165) is 6.42 Å². The third kappa shape index (κ3) is 2.52. The second-order valence-corrected chi connectivity index (χ2v) is 4.88. The Bertz CT molecular complexity index is 283. The van der Waals surface area contributed by atoms with Gasteiger partial charge in [-0.1, -0.05) is 26.1 Å². The van der Waals surface area contributed by atoms with E-state index >= 15 is 0 Å². The number of likely N-dealkylation sites (tertiary alicyclic amines) is 1. The van der Waals surface area contributed by atoms with Crippen LogP contribution in [0.2, 0.25) is 0 Å². The Morgan fingerprint density at radius 1 is 1.69 bits per heavy atom. The first-order chi connectivity index (χ1) is 7.52. The number of thiocarbonyl (C=S) groups is 1. The Labute approximate surface area is 102 Å². The summed E-state index contributed by atoms with van der Waals surface area (Å²) in [6.07, 6.45) is 1.56. The first-order valence-corrected chi connectivity index (χ1v) is 6.14. The van der Waals surface area contributed by atoms with Crippen molar-refractivity contribution < 1.29 is 9.90 Å². The third-order valence-corrected chi connectivity index (χ3v) is 3.69. The zero-order valence-corrected chi connectivity index (χ0v) is 10.7. The molecule has 1 rings (SSSR count). The maximum atomic E-state index is 12.2. The summed E-state index contributed by atoms with van der Waals surface area (Å²) in [6.45, 7) is 4.66. The van der Waals surface area contributed by atoms with Gasteiger partial charge in [-0.05, 0) is 18.8 Å². The van der Waals surface area contributed by atoms with E-state index in [1.54, 1.807) is 4.90 Å². The van der Waals surface area contributed by atoms with Gasteiger partial charge in [0.2, 0.25) is 5.91 Å². The number of nitrogens with two attached hydrogens (primary N) is 1. The number of hydrogen-bond donors (Lipinski definition) is 2. The van der Waals surface area contributed by atoms with Gasteiger partial charge in [0.1, 0.15) is 0 Å². The molecule has 0 saturated carbocycles. The van der Waals surface area contributed by atoms with E-state index in [1.807, 2.05) is 6.92 Å². The lowest BCUT2D eigenvalue weighted by atomic mass is 10.0. The maximum Gasteiger partial charge on any atom is 0.232 e. The lowest BCUT2D eigenvalue weighted by molar-refractivity contribution is -0.135. The summed E-state index contributed by atoms with van der Waals surface area (Å²) in [6, 6.07) is -0.0732. The predicted molar refractivity (Wildman–Crippen MR) is 66.9 cm³/mol. The quantitative estimate of drug-likeness (QED) is 0.708. The Hall–Kier alpha value is -0.680. The molecule has 1 aliphatic rings. The lowest BCUT2D eigenvalue weighted by Crippen LogP contribution is -2.45. The van der Waals surface area contributed by atoms with E-state index in [0.29, 0.717) is 18.9 Å². The van der Waals surface area contributed by atoms with Gasteiger partial charge in [-0.25, -0.2) is 0 Å². The van der Waals surface area contributed by atoms with Crippen LogP contribution in [0.15, 0.2) is 0 Å². The molecule has 1 amide bonds. The number of nitrogens with zero attached hydrogens (tertiary/aromatic N) is 1. The molecule has 16 heavy (non-hydrogen) atoms. The predicted octanol–water partition coefficient (Wildman–Crippen LogP) is 0.528. The van der Waals surface area contributed by atoms with Crippen molar-refractivity contribution >= 4 is 23.1 Å². The fourth-order valence-corrected chi connectivity index (χ4v) is 2.53. The molecule has 0 aromatic carbocycles. The number of carbonyl (C=O) groups excluding carboxylic acids is 1. The van der Waals surface area contributed by atoms with Crippen molar-refractivity contribution in [3.63, 3.8) is 0 Å². The van der Waals surface area contributed by atoms with Crippen LogP contribution in [0.3, 0.4) is 0 Å². The van der Waals surface area contributed by atoms with Crippen molar-refractivity contribution in [3.05, 3.63) is 0 Å². The van der Waals surface area contributed by atoms with E-state index in [4.69, 9.17) is 18.0 Å². The van der Waals surface area contributed by atoms with E-state index in [1.165, 1.54) is 0 Å². The van der Waals surface area contributed by atoms with E-state index in [2.05, 4.69) is 6.92 Å². The van der Waals surface area contributed by atoms with Crippen LogP contribution in [0, 0.1) is 11.8 Å². The molecule has 1 heterocycles. The summed E-state index contributed by atoms with van der Waals surface area (Å²) in [5, 5.41) is 9.29. The van der Waals surface area contributed by atoms with Crippen molar-refractivity contribution in [2.75, 3.05) is 13.2 Å². The van der Waals surface area contributed by atoms with Crippen LogP contribution < -0.4 is 5.73 Å². The van der Waals surface area contributed by atoms with Crippen molar-refractivity contribution in [1.82, 2.24) is 4.90 Å². The molecule has 92 valence electrons. The van der Waals surface area contributed by atoms with Gasteiger partial charge in [-0.2, -0.15) is 0 Å². The standard InChI is InChI=1S/C11H20N2O2S/c1-3-8(10(12)16)11(15)13-5-4-7(2)9(13)6-14/h7-9,14H,3-6H2,1-2H3,(H2,12,16). The monoisotopic (exact) mass is 244 g/mol. The Morgan fingerprint density at radius 2 is 2.31 bits per heavy atom. The minimum absolute atomic E-state index is 0.0146. The minimum Gasteiger partial charge on any atom is -0.394 e. The number of hydrogen-bond acceptors (Lipinski definition) is 3. The highest BCUT2D eigenvalue weighted by atomic mass is 32.1. The number of carbonyl (C=O) groups is 1. The molecule has 0 spiro atoms. The Balaban J connectivity index is 2.76. The third-order valence-electron chi connectivity index (χ3n) is 3.40. The van der Waals surface area contributed by atoms with Gasteiger partial charge in [0.15, 0.2) is 0 Å². The SMILES string of the molecule is CCC(C(=O)N1CCC(C)C1CO)C(N)=S. The molecule has 1 fully saturated rings. The summed E-state index contributed by atoms with van der Waals surface area (Å²) >= 11 is 4.90. The van der Waals surface area contributed by atoms with Gasteiger partial charge < -0.3 is 15.7 Å². The lowest BCUT2D eigenvalue weighted by Gasteiger charge is -2.28. The topological polar surface area (TPSA) is 66.6 Å². The normalized spacial score (nSPS) is 26.8. The molecule has 3 atom stereocenters. The van der Waals surface area contributed by atoms with Crippen LogP contribution in [0.4, 0.5) is 0 Å². The molecule has 0 aliphatic carbocycles. The van der Waals surface area contributed by atoms with E-state index in [-0.39, 0.29) is 29.5 Å². The number of aliphatic hydroxyl groups excluding tert-OH is 1. The average molecular weight is 244 g/mol. The van der Waals surface area contributed by atoms with Crippen molar-refractivity contribution in [2.45, 2.75) is 32.7 Å². The summed E-state index contributed by atoms with van der Waals surface area (Å²) in [5.74, 6) is -0.0643. The maximum absolute atomic E-state index is 12.2. The van der Waals surface area contributed by atoms with Crippen LogP contribution in [0.1, 0.15) is 26.7 Å². The molecular formula is C11H20N2O2S. The highest BCUT2D eigenvalue weighted by Gasteiger charge is 2.36. The van der Waals surface area contributed by atoms with Crippen molar-refractivity contribution in [2.24, 2.45) is 17.6 Å². The molecule has 3 unspecified atom stereocenters. The first-order valence-electron chi connectivity index (χ1n) is 5.73. The van der Waals surface area contributed by atoms with Crippen LogP contribution >= 0.6 is 12.2 Å². The smallest absolute Gasteiger partial charge is 0.232 e. The summed E-state index contributed by atoms with van der Waals surface area (Å²) in [7, 11) is 0. The highest BCUT2D eigenvalue weighted by molar-refractivity contribution is 7.80. The molecule has 5 heteroatoms. The number of amides is 1. The summed E-state index contributed by atoms with van der Waals surface area (Å²) < 4.78 is 0. The van der Waals surface area contributed by atoms with Crippen LogP contribution in [0.5, 0.6) is 0 Å². The van der Waals surface area contributed by atoms with Crippen molar-refractivity contribution in [3.8, 4) is 0 Å². The molecule has 0 aromatic heterocycles. The molecule has 0 radical (unpaired) electrons. The average Bonchev–Trinajstić information content (AvgIpc) is 2.59. The molecule has 3 N–H and O–H groups in total. The molecule has 4 nitrogen and oxygen atoms in total. The zero-order valence-electron chi connectivity index (χ0n) is 9.85. The Morgan fingerprint density at radius 3 is 2.75 bits per heavy atom. The summed E-state index contributed by atoms with van der Waals surface area (Å²) in [5.41, 5.74) is 5.56. The molecular weight excluding hydrogens is 224 g/mol. The van der Waals surface area contributed by atoms with Gasteiger partial charge >= 0.3 is 0 Å². The second kappa shape index (κ2) is 5.59. The summed E-state index contributed by atoms with van der Waals surface area (Å²) in [4.78, 5) is 14.2. The van der Waals surface area contributed by atoms with E-state index in [9.17, 15) is 9.90 Å². The van der Waals surface area contributed by atoms with Gasteiger partial charge in [0.05, 0.1) is 23.6 Å². The highest BCUT2D eigenvalue weighted by Crippen LogP contribution is 2.25. The number of aliphatic hydroxyl groups is 1. The zero-order chi connectivity index (χ0) is 12.3. The van der Waals surface area contributed by atoms with Crippen molar-refractivity contribution in [1.29, 1.82) is 0 Å². The molecule has 0 aromatic rings. The van der Waals surface area contributed by atoms with Gasteiger partial charge in [-0.3, -0.25) is 4.79 Å². The molecule has 0 bridgehead atoms. The van der Waals surface area contributed by atoms with Crippen LogP contribution in [-0.4, -0.2) is 40.1 Å². The van der Waals surface area contributed by atoms with E-state index < -0.39 is 0 Å². The fourth-order valence-electron chi connectivity index (χ4n) is 2.26. The minimum atomic E-state index is -0.380. The van der Waals surface area contributed by atoms with Crippen LogP contribution in [0.25, 0.3) is 0 Å².